The van der Waals surface area contributed by atoms with Crippen molar-refractivity contribution >= 4 is 0 Å². The second kappa shape index (κ2) is 6.13. The number of nitrogens with zero attached hydrogens (tertiary/aromatic N) is 1. The standard InChI is InChI=1S/C17H34N2/c1-13-11-19(10-9-16(13)18)12-14-5-7-15(8-6-14)17(2,3)4/h13-16H,5-12,18H2,1-4H3. The van der Waals surface area contributed by atoms with Gasteiger partial charge in [-0.1, -0.05) is 27.7 Å². The Labute approximate surface area is 120 Å². The van der Waals surface area contributed by atoms with Crippen molar-refractivity contribution in [3.05, 3.63) is 0 Å². The molecule has 2 N–H and O–H groups in total. The molecule has 1 heterocycles. The molecule has 2 atom stereocenters. The van der Waals surface area contributed by atoms with Gasteiger partial charge in [0.05, 0.1) is 0 Å². The van der Waals surface area contributed by atoms with E-state index in [1.165, 1.54) is 51.7 Å². The van der Waals surface area contributed by atoms with E-state index in [0.717, 1.165) is 11.8 Å². The first-order chi connectivity index (χ1) is 8.86. The molecule has 0 aromatic heterocycles. The van der Waals surface area contributed by atoms with Crippen molar-refractivity contribution in [2.24, 2.45) is 28.9 Å². The molecule has 112 valence electrons. The Morgan fingerprint density at radius 2 is 1.68 bits per heavy atom. The number of likely N-dealkylation sites (tertiary alicyclic amines) is 1. The summed E-state index contributed by atoms with van der Waals surface area (Å²) in [6.45, 7) is 13.3. The van der Waals surface area contributed by atoms with Gasteiger partial charge in [-0.05, 0) is 61.8 Å². The third kappa shape index (κ3) is 4.19. The largest absolute Gasteiger partial charge is 0.327 e. The first-order valence-corrected chi connectivity index (χ1v) is 8.34. The monoisotopic (exact) mass is 266 g/mol. The van der Waals surface area contributed by atoms with E-state index in [1.807, 2.05) is 0 Å². The second-order valence-corrected chi connectivity index (χ2v) is 8.27. The SMILES string of the molecule is CC1CN(CC2CCC(C(C)(C)C)CC2)CCC1N. The summed E-state index contributed by atoms with van der Waals surface area (Å²) >= 11 is 0. The Morgan fingerprint density at radius 1 is 1.05 bits per heavy atom. The van der Waals surface area contributed by atoms with Crippen molar-refractivity contribution in [3.63, 3.8) is 0 Å². The molecule has 1 aliphatic carbocycles. The van der Waals surface area contributed by atoms with Crippen molar-refractivity contribution in [1.82, 2.24) is 4.90 Å². The van der Waals surface area contributed by atoms with Gasteiger partial charge in [-0.25, -0.2) is 0 Å². The molecule has 0 aromatic carbocycles. The molecule has 0 spiro atoms. The number of hydrogen-bond donors (Lipinski definition) is 1. The van der Waals surface area contributed by atoms with Crippen LogP contribution in [0.15, 0.2) is 0 Å². The highest BCUT2D eigenvalue weighted by Crippen LogP contribution is 2.40. The average Bonchev–Trinajstić information content (AvgIpc) is 2.33. The Morgan fingerprint density at radius 3 is 2.21 bits per heavy atom. The van der Waals surface area contributed by atoms with Crippen LogP contribution in [-0.2, 0) is 0 Å². The molecule has 2 fully saturated rings. The Kier molecular flexibility index (Phi) is 4.94. The van der Waals surface area contributed by atoms with Gasteiger partial charge in [-0.2, -0.15) is 0 Å². The fraction of sp³-hybridized carbons (Fsp3) is 1.00. The maximum absolute atomic E-state index is 6.11. The molecule has 19 heavy (non-hydrogen) atoms. The van der Waals surface area contributed by atoms with Gasteiger partial charge in [0.1, 0.15) is 0 Å². The summed E-state index contributed by atoms with van der Waals surface area (Å²) in [6.07, 6.45) is 6.96. The fourth-order valence-electron chi connectivity index (χ4n) is 3.99. The Balaban J connectivity index is 1.74. The summed E-state index contributed by atoms with van der Waals surface area (Å²) in [4.78, 5) is 2.68. The molecule has 2 rings (SSSR count). The first-order valence-electron chi connectivity index (χ1n) is 8.34. The minimum Gasteiger partial charge on any atom is -0.327 e. The van der Waals surface area contributed by atoms with Gasteiger partial charge < -0.3 is 10.6 Å². The summed E-state index contributed by atoms with van der Waals surface area (Å²) in [5.74, 6) is 2.57. The van der Waals surface area contributed by atoms with Gasteiger partial charge in [0.15, 0.2) is 0 Å². The van der Waals surface area contributed by atoms with Crippen LogP contribution in [-0.4, -0.2) is 30.6 Å². The van der Waals surface area contributed by atoms with Gasteiger partial charge in [0.25, 0.3) is 0 Å². The maximum Gasteiger partial charge on any atom is 0.00889 e. The first kappa shape index (κ1) is 15.3. The van der Waals surface area contributed by atoms with Crippen LogP contribution in [0.25, 0.3) is 0 Å². The van der Waals surface area contributed by atoms with Crippen LogP contribution in [0.3, 0.4) is 0 Å². The Bertz CT molecular complexity index is 273. The van der Waals surface area contributed by atoms with Crippen molar-refractivity contribution in [2.75, 3.05) is 19.6 Å². The molecule has 1 aliphatic heterocycles. The van der Waals surface area contributed by atoms with Crippen LogP contribution in [0.4, 0.5) is 0 Å². The average molecular weight is 266 g/mol. The lowest BCUT2D eigenvalue weighted by molar-refractivity contribution is 0.0994. The van der Waals surface area contributed by atoms with Gasteiger partial charge in [0.2, 0.25) is 0 Å². The van der Waals surface area contributed by atoms with E-state index in [1.54, 1.807) is 0 Å². The molecule has 2 heteroatoms. The van der Waals surface area contributed by atoms with Crippen LogP contribution in [0, 0.1) is 23.2 Å². The zero-order chi connectivity index (χ0) is 14.0. The van der Waals surface area contributed by atoms with Gasteiger partial charge >= 0.3 is 0 Å². The van der Waals surface area contributed by atoms with E-state index in [9.17, 15) is 0 Å². The summed E-state index contributed by atoms with van der Waals surface area (Å²) in [5, 5.41) is 0. The molecular formula is C17H34N2. The van der Waals surface area contributed by atoms with Crippen LogP contribution in [0.5, 0.6) is 0 Å². The van der Waals surface area contributed by atoms with Crippen molar-refractivity contribution in [1.29, 1.82) is 0 Å². The van der Waals surface area contributed by atoms with Crippen molar-refractivity contribution < 1.29 is 0 Å². The zero-order valence-corrected chi connectivity index (χ0v) is 13.5. The van der Waals surface area contributed by atoms with Crippen LogP contribution >= 0.6 is 0 Å². The molecule has 2 nitrogen and oxygen atoms in total. The molecule has 0 bridgehead atoms. The van der Waals surface area contributed by atoms with Crippen LogP contribution in [0.2, 0.25) is 0 Å². The van der Waals surface area contributed by atoms with Crippen LogP contribution in [0.1, 0.15) is 59.8 Å². The van der Waals surface area contributed by atoms with Gasteiger partial charge in [-0.3, -0.25) is 0 Å². The molecule has 2 unspecified atom stereocenters. The normalized spacial score (nSPS) is 38.4. The van der Waals surface area contributed by atoms with Crippen molar-refractivity contribution in [3.8, 4) is 0 Å². The zero-order valence-electron chi connectivity index (χ0n) is 13.5. The quantitative estimate of drug-likeness (QED) is 0.829. The minimum absolute atomic E-state index is 0.438. The number of hydrogen-bond acceptors (Lipinski definition) is 2. The van der Waals surface area contributed by atoms with E-state index >= 15 is 0 Å². The molecule has 0 aromatic rings. The maximum atomic E-state index is 6.11. The Hall–Kier alpha value is -0.0800. The second-order valence-electron chi connectivity index (χ2n) is 8.27. The summed E-state index contributed by atoms with van der Waals surface area (Å²) in [5.41, 5.74) is 6.62. The highest BCUT2D eigenvalue weighted by Gasteiger charge is 2.31. The van der Waals surface area contributed by atoms with E-state index in [0.29, 0.717) is 17.4 Å². The third-order valence-corrected chi connectivity index (χ3v) is 5.64. The summed E-state index contributed by atoms with van der Waals surface area (Å²) in [7, 11) is 0. The van der Waals surface area contributed by atoms with Gasteiger partial charge in [-0.15, -0.1) is 0 Å². The predicted molar refractivity (Wildman–Crippen MR) is 83.1 cm³/mol. The van der Waals surface area contributed by atoms with Crippen molar-refractivity contribution in [2.45, 2.75) is 65.8 Å². The lowest BCUT2D eigenvalue weighted by Gasteiger charge is -2.41. The van der Waals surface area contributed by atoms with E-state index in [-0.39, 0.29) is 0 Å². The fourth-order valence-corrected chi connectivity index (χ4v) is 3.99. The number of rotatable bonds is 2. The van der Waals surface area contributed by atoms with E-state index in [4.69, 9.17) is 5.73 Å². The topological polar surface area (TPSA) is 29.3 Å². The molecule has 0 radical (unpaired) electrons. The lowest BCUT2D eigenvalue weighted by atomic mass is 9.70. The summed E-state index contributed by atoms with van der Waals surface area (Å²) < 4.78 is 0. The lowest BCUT2D eigenvalue weighted by Crippen LogP contribution is -2.47. The van der Waals surface area contributed by atoms with E-state index < -0.39 is 0 Å². The third-order valence-electron chi connectivity index (χ3n) is 5.64. The molecule has 2 aliphatic rings. The smallest absolute Gasteiger partial charge is 0.00889 e. The summed E-state index contributed by atoms with van der Waals surface area (Å²) in [6, 6.07) is 0.438. The van der Waals surface area contributed by atoms with Crippen LogP contribution < -0.4 is 5.73 Å². The number of piperidine rings is 1. The van der Waals surface area contributed by atoms with E-state index in [2.05, 4.69) is 32.6 Å². The molecule has 0 amide bonds. The number of nitrogens with two attached hydrogens (primary N) is 1. The van der Waals surface area contributed by atoms with Gasteiger partial charge in [0, 0.05) is 19.1 Å². The predicted octanol–water partition coefficient (Wildman–Crippen LogP) is 3.51. The highest BCUT2D eigenvalue weighted by molar-refractivity contribution is 4.84. The minimum atomic E-state index is 0.438. The molecular weight excluding hydrogens is 232 g/mol. The molecule has 1 saturated carbocycles. The highest BCUT2D eigenvalue weighted by atomic mass is 15.1. The molecule has 1 saturated heterocycles.